The first-order chi connectivity index (χ1) is 11.6. The molecule has 0 bridgehead atoms. The Labute approximate surface area is 169 Å². The highest BCUT2D eigenvalue weighted by molar-refractivity contribution is 14.0. The zero-order valence-electron chi connectivity index (χ0n) is 14.6. The number of nitrogens with one attached hydrogen (secondary N) is 2. The van der Waals surface area contributed by atoms with Crippen LogP contribution in [0.15, 0.2) is 17.1 Å². The molecule has 0 saturated carbocycles. The first kappa shape index (κ1) is 20.6. The number of benzene rings is 1. The summed E-state index contributed by atoms with van der Waals surface area (Å²) in [4.78, 5) is 4.26. The van der Waals surface area contributed by atoms with Gasteiger partial charge in [-0.15, -0.1) is 24.0 Å². The minimum absolute atomic E-state index is 0. The maximum atomic E-state index is 13.8. The average molecular weight is 481 g/mol. The van der Waals surface area contributed by atoms with Crippen LogP contribution in [0.25, 0.3) is 0 Å². The van der Waals surface area contributed by atoms with Gasteiger partial charge in [-0.05, 0) is 37.7 Å². The van der Waals surface area contributed by atoms with Gasteiger partial charge in [0, 0.05) is 36.0 Å². The predicted octanol–water partition coefficient (Wildman–Crippen LogP) is 3.26. The van der Waals surface area contributed by atoms with Crippen molar-refractivity contribution in [3.63, 3.8) is 0 Å². The van der Waals surface area contributed by atoms with Crippen LogP contribution in [0.4, 0.5) is 4.39 Å². The minimum atomic E-state index is -0.280. The number of halogens is 2. The zero-order valence-corrected chi connectivity index (χ0v) is 17.7. The lowest BCUT2D eigenvalue weighted by atomic mass is 10.1. The number of hydrogen-bond acceptors (Lipinski definition) is 4. The van der Waals surface area contributed by atoms with Crippen LogP contribution < -0.4 is 15.4 Å². The van der Waals surface area contributed by atoms with Gasteiger partial charge in [-0.3, -0.25) is 4.99 Å². The van der Waals surface area contributed by atoms with E-state index in [0.717, 1.165) is 17.7 Å². The summed E-state index contributed by atoms with van der Waals surface area (Å²) in [7, 11) is 1.74. The summed E-state index contributed by atoms with van der Waals surface area (Å²) in [6.45, 7) is 4.17. The van der Waals surface area contributed by atoms with Gasteiger partial charge in [0.1, 0.15) is 11.6 Å². The van der Waals surface area contributed by atoms with Crippen molar-refractivity contribution in [1.29, 1.82) is 0 Å². The largest absolute Gasteiger partial charge is 0.467 e. The fourth-order valence-electron chi connectivity index (χ4n) is 3.03. The number of fused-ring (bicyclic) bond motifs is 1. The maximum Gasteiger partial charge on any atom is 0.191 e. The summed E-state index contributed by atoms with van der Waals surface area (Å²) >= 11 is 2.00. The lowest BCUT2D eigenvalue weighted by Crippen LogP contribution is -2.43. The summed E-state index contributed by atoms with van der Waals surface area (Å²) in [6, 6.07) is 2.96. The van der Waals surface area contributed by atoms with Gasteiger partial charge in [0.15, 0.2) is 12.8 Å². The lowest BCUT2D eigenvalue weighted by molar-refractivity contribution is -0.0172. The third-order valence-corrected chi connectivity index (χ3v) is 5.89. The van der Waals surface area contributed by atoms with Gasteiger partial charge in [0.05, 0.1) is 6.61 Å². The summed E-state index contributed by atoms with van der Waals surface area (Å²) in [5.74, 6) is 2.37. The van der Waals surface area contributed by atoms with E-state index in [4.69, 9.17) is 9.47 Å². The van der Waals surface area contributed by atoms with Crippen LogP contribution in [0.1, 0.15) is 30.9 Å². The number of thioether (sulfide) groups is 1. The van der Waals surface area contributed by atoms with Crippen LogP contribution >= 0.6 is 35.7 Å². The molecule has 1 saturated heterocycles. The highest BCUT2D eigenvalue weighted by Gasteiger charge is 2.29. The Balaban J connectivity index is 0.00000225. The number of aliphatic imine (C=N–C) groups is 1. The first-order valence-electron chi connectivity index (χ1n) is 8.20. The fourth-order valence-corrected chi connectivity index (χ4v) is 4.28. The predicted molar refractivity (Wildman–Crippen MR) is 110 cm³/mol. The quantitative estimate of drug-likeness (QED) is 0.393. The van der Waals surface area contributed by atoms with Crippen molar-refractivity contribution in [3.8, 4) is 5.75 Å². The van der Waals surface area contributed by atoms with Crippen molar-refractivity contribution >= 4 is 41.7 Å². The summed E-state index contributed by atoms with van der Waals surface area (Å²) in [5, 5.41) is 6.62. The molecule has 0 aliphatic carbocycles. The topological polar surface area (TPSA) is 54.9 Å². The van der Waals surface area contributed by atoms with Crippen molar-refractivity contribution in [1.82, 2.24) is 10.6 Å². The van der Waals surface area contributed by atoms with Gasteiger partial charge >= 0.3 is 0 Å². The molecule has 2 heterocycles. The van der Waals surface area contributed by atoms with Crippen LogP contribution in [-0.2, 0) is 17.9 Å². The van der Waals surface area contributed by atoms with Crippen molar-refractivity contribution in [2.45, 2.75) is 37.7 Å². The molecule has 3 rings (SSSR count). The van der Waals surface area contributed by atoms with E-state index >= 15 is 0 Å². The van der Waals surface area contributed by atoms with E-state index in [1.165, 1.54) is 30.7 Å². The molecule has 8 heteroatoms. The molecular weight excluding hydrogens is 456 g/mol. The second-order valence-electron chi connectivity index (χ2n) is 6.35. The van der Waals surface area contributed by atoms with Crippen LogP contribution in [0.3, 0.4) is 0 Å². The van der Waals surface area contributed by atoms with Gasteiger partial charge in [0.25, 0.3) is 0 Å². The van der Waals surface area contributed by atoms with Gasteiger partial charge in [-0.2, -0.15) is 11.8 Å². The third kappa shape index (κ3) is 5.37. The Kier molecular flexibility index (Phi) is 7.63. The summed E-state index contributed by atoms with van der Waals surface area (Å²) in [5.41, 5.74) is 1.52. The number of rotatable bonds is 4. The molecule has 1 atom stereocenters. The summed E-state index contributed by atoms with van der Waals surface area (Å²) in [6.07, 6.45) is 2.48. The van der Waals surface area contributed by atoms with E-state index < -0.39 is 0 Å². The molecule has 2 aliphatic heterocycles. The van der Waals surface area contributed by atoms with E-state index in [-0.39, 0.29) is 41.3 Å². The molecular formula is C17H25FIN3O2S. The Morgan fingerprint density at radius 2 is 2.24 bits per heavy atom. The minimum Gasteiger partial charge on any atom is -0.467 e. The summed E-state index contributed by atoms with van der Waals surface area (Å²) < 4.78 is 24.8. The van der Waals surface area contributed by atoms with Crippen molar-refractivity contribution in [3.05, 3.63) is 29.1 Å². The molecule has 0 amide bonds. The third-order valence-electron chi connectivity index (χ3n) is 4.35. The van der Waals surface area contributed by atoms with E-state index in [9.17, 15) is 4.39 Å². The second-order valence-corrected chi connectivity index (χ2v) is 8.03. The highest BCUT2D eigenvalue weighted by atomic mass is 127. The van der Waals surface area contributed by atoms with Crippen molar-refractivity contribution in [2.24, 2.45) is 4.99 Å². The molecule has 5 nitrogen and oxygen atoms in total. The number of guanidine groups is 1. The molecule has 1 unspecified atom stereocenters. The van der Waals surface area contributed by atoms with Crippen molar-refractivity contribution < 1.29 is 13.9 Å². The molecule has 2 aliphatic rings. The number of hydrogen-bond donors (Lipinski definition) is 2. The van der Waals surface area contributed by atoms with E-state index in [1.54, 1.807) is 7.05 Å². The molecule has 1 aromatic carbocycles. The first-order valence-corrected chi connectivity index (χ1v) is 9.18. The van der Waals surface area contributed by atoms with Gasteiger partial charge < -0.3 is 20.1 Å². The normalized spacial score (nSPS) is 22.6. The molecule has 0 spiro atoms. The maximum absolute atomic E-state index is 13.8. The molecule has 2 N–H and O–H groups in total. The standard InChI is InChI=1S/C17H24FN3O2S.HI/c1-17(4-3-5-24-17)10-21-16(19-2)20-8-12-6-14(18)7-13-9-22-11-23-15(12)13;/h6-7H,3-5,8-11H2,1-2H3,(H2,19,20,21);1H. The zero-order chi connectivity index (χ0) is 17.0. The Morgan fingerprint density at radius 3 is 2.96 bits per heavy atom. The van der Waals surface area contributed by atoms with Gasteiger partial charge in [-0.1, -0.05) is 0 Å². The van der Waals surface area contributed by atoms with Gasteiger partial charge in [0.2, 0.25) is 0 Å². The fraction of sp³-hybridized carbons (Fsp3) is 0.588. The van der Waals surface area contributed by atoms with Crippen LogP contribution in [0.2, 0.25) is 0 Å². The second kappa shape index (κ2) is 9.27. The smallest absolute Gasteiger partial charge is 0.191 e. The van der Waals surface area contributed by atoms with Gasteiger partial charge in [-0.25, -0.2) is 4.39 Å². The number of ether oxygens (including phenoxy) is 2. The molecule has 1 aromatic rings. The van der Waals surface area contributed by atoms with Crippen molar-refractivity contribution in [2.75, 3.05) is 26.1 Å². The Morgan fingerprint density at radius 1 is 1.40 bits per heavy atom. The molecule has 1 fully saturated rings. The molecule has 140 valence electrons. The monoisotopic (exact) mass is 481 g/mol. The Hall–Kier alpha value is -0.740. The highest BCUT2D eigenvalue weighted by Crippen LogP contribution is 2.37. The van der Waals surface area contributed by atoms with Crippen LogP contribution in [-0.4, -0.2) is 36.8 Å². The molecule has 25 heavy (non-hydrogen) atoms. The van der Waals surface area contributed by atoms with E-state index in [2.05, 4.69) is 22.5 Å². The lowest BCUT2D eigenvalue weighted by Gasteiger charge is -2.25. The average Bonchev–Trinajstić information content (AvgIpc) is 3.01. The van der Waals surface area contributed by atoms with E-state index in [0.29, 0.717) is 24.9 Å². The molecule has 0 radical (unpaired) electrons. The number of nitrogens with zero attached hydrogens (tertiary/aromatic N) is 1. The SMILES string of the molecule is CN=C(NCc1cc(F)cc2c1OCOC2)NCC1(C)CCCS1.I. The van der Waals surface area contributed by atoms with Crippen LogP contribution in [0, 0.1) is 5.82 Å². The van der Waals surface area contributed by atoms with Crippen LogP contribution in [0.5, 0.6) is 5.75 Å². The van der Waals surface area contributed by atoms with E-state index in [1.807, 2.05) is 11.8 Å². The Bertz CT molecular complexity index is 624. The molecule has 0 aromatic heterocycles.